The Morgan fingerprint density at radius 3 is 2.71 bits per heavy atom. The van der Waals surface area contributed by atoms with Gasteiger partial charge in [0.2, 0.25) is 0 Å². The molecule has 3 nitrogen and oxygen atoms in total. The molecule has 0 aromatic heterocycles. The Bertz CT molecular complexity index is 261. The van der Waals surface area contributed by atoms with Crippen LogP contribution < -0.4 is 5.32 Å². The van der Waals surface area contributed by atoms with Crippen LogP contribution in [0, 0.1) is 5.92 Å². The first-order valence-corrected chi connectivity index (χ1v) is 7.46. The van der Waals surface area contributed by atoms with Gasteiger partial charge in [-0.05, 0) is 38.1 Å². The quantitative estimate of drug-likeness (QED) is 0.773. The van der Waals surface area contributed by atoms with Crippen LogP contribution in [0.1, 0.15) is 32.6 Å². The molecule has 0 radical (unpaired) electrons. The van der Waals surface area contributed by atoms with Gasteiger partial charge in [-0.2, -0.15) is 0 Å². The van der Waals surface area contributed by atoms with E-state index in [9.17, 15) is 8.42 Å². The topological polar surface area (TPSA) is 46.2 Å². The van der Waals surface area contributed by atoms with Gasteiger partial charge in [-0.3, -0.25) is 0 Å². The van der Waals surface area contributed by atoms with Crippen molar-refractivity contribution < 1.29 is 8.42 Å². The molecule has 84 valence electrons. The second kappa shape index (κ2) is 5.12. The van der Waals surface area contributed by atoms with Gasteiger partial charge in [0.05, 0.1) is 0 Å². The van der Waals surface area contributed by atoms with Crippen LogP contribution in [0.3, 0.4) is 0 Å². The van der Waals surface area contributed by atoms with E-state index in [1.54, 1.807) is 0 Å². The molecule has 1 aliphatic rings. The minimum atomic E-state index is -2.77. The summed E-state index contributed by atoms with van der Waals surface area (Å²) in [6, 6.07) is 0.533. The monoisotopic (exact) mass is 219 g/mol. The minimum Gasteiger partial charge on any atom is -0.314 e. The highest BCUT2D eigenvalue weighted by atomic mass is 32.2. The summed E-state index contributed by atoms with van der Waals surface area (Å²) >= 11 is 0. The van der Waals surface area contributed by atoms with Crippen LogP contribution in [0.4, 0.5) is 0 Å². The van der Waals surface area contributed by atoms with E-state index in [0.29, 0.717) is 17.7 Å². The van der Waals surface area contributed by atoms with Crippen molar-refractivity contribution in [2.24, 2.45) is 5.92 Å². The van der Waals surface area contributed by atoms with E-state index >= 15 is 0 Å². The zero-order valence-electron chi connectivity index (χ0n) is 9.12. The van der Waals surface area contributed by atoms with Crippen LogP contribution in [0.5, 0.6) is 0 Å². The van der Waals surface area contributed by atoms with Gasteiger partial charge in [-0.1, -0.05) is 6.92 Å². The molecule has 0 spiro atoms. The Labute approximate surface area is 87.2 Å². The zero-order chi connectivity index (χ0) is 10.6. The fourth-order valence-electron chi connectivity index (χ4n) is 2.07. The molecule has 1 heterocycles. The molecule has 0 bridgehead atoms. The molecule has 14 heavy (non-hydrogen) atoms. The lowest BCUT2D eigenvalue weighted by atomic mass is 9.90. The van der Waals surface area contributed by atoms with Gasteiger partial charge >= 0.3 is 0 Å². The summed E-state index contributed by atoms with van der Waals surface area (Å²) in [5, 5.41) is 3.46. The molecule has 0 aromatic rings. The van der Waals surface area contributed by atoms with Crippen molar-refractivity contribution in [1.29, 1.82) is 0 Å². The molecule has 0 aromatic carbocycles. The predicted octanol–water partition coefficient (Wildman–Crippen LogP) is 1.20. The van der Waals surface area contributed by atoms with Crippen LogP contribution in [0.15, 0.2) is 0 Å². The number of nitrogens with one attached hydrogen (secondary N) is 1. The van der Waals surface area contributed by atoms with Crippen molar-refractivity contribution in [3.63, 3.8) is 0 Å². The largest absolute Gasteiger partial charge is 0.314 e. The first kappa shape index (κ1) is 12.0. The van der Waals surface area contributed by atoms with Crippen molar-refractivity contribution in [2.45, 2.75) is 38.6 Å². The molecular weight excluding hydrogens is 198 g/mol. The van der Waals surface area contributed by atoms with E-state index in [2.05, 4.69) is 12.2 Å². The third-order valence-corrected chi connectivity index (χ3v) is 3.99. The van der Waals surface area contributed by atoms with Crippen molar-refractivity contribution in [2.75, 3.05) is 18.6 Å². The normalized spacial score (nSPS) is 29.0. The molecule has 2 unspecified atom stereocenters. The summed E-state index contributed by atoms with van der Waals surface area (Å²) in [4.78, 5) is 0. The van der Waals surface area contributed by atoms with Gasteiger partial charge in [-0.15, -0.1) is 0 Å². The van der Waals surface area contributed by atoms with Crippen molar-refractivity contribution in [3.8, 4) is 0 Å². The molecule has 1 aliphatic heterocycles. The summed E-state index contributed by atoms with van der Waals surface area (Å²) < 4.78 is 21.9. The fraction of sp³-hybridized carbons (Fsp3) is 1.00. The molecule has 2 atom stereocenters. The average molecular weight is 219 g/mol. The molecular formula is C10H21NO2S. The SMILES string of the molecule is CC1CCCNC1CCCS(C)(=O)=O. The maximum atomic E-state index is 10.9. The third-order valence-electron chi connectivity index (χ3n) is 2.96. The lowest BCUT2D eigenvalue weighted by Crippen LogP contribution is -2.40. The number of hydrogen-bond acceptors (Lipinski definition) is 3. The number of sulfone groups is 1. The van der Waals surface area contributed by atoms with Gasteiger partial charge in [0.15, 0.2) is 0 Å². The van der Waals surface area contributed by atoms with E-state index in [1.807, 2.05) is 0 Å². The molecule has 1 fully saturated rings. The summed E-state index contributed by atoms with van der Waals surface area (Å²) in [6.07, 6.45) is 5.63. The molecule has 0 amide bonds. The van der Waals surface area contributed by atoms with Gasteiger partial charge in [-0.25, -0.2) is 8.42 Å². The number of rotatable bonds is 4. The molecule has 0 aliphatic carbocycles. The van der Waals surface area contributed by atoms with Gasteiger partial charge in [0, 0.05) is 18.1 Å². The van der Waals surface area contributed by atoms with Gasteiger partial charge < -0.3 is 5.32 Å². The van der Waals surface area contributed by atoms with Crippen molar-refractivity contribution in [1.82, 2.24) is 5.32 Å². The zero-order valence-corrected chi connectivity index (χ0v) is 9.94. The van der Waals surface area contributed by atoms with Gasteiger partial charge in [0.1, 0.15) is 9.84 Å². The Balaban J connectivity index is 2.23. The van der Waals surface area contributed by atoms with Gasteiger partial charge in [0.25, 0.3) is 0 Å². The first-order chi connectivity index (χ1) is 6.49. The van der Waals surface area contributed by atoms with Crippen molar-refractivity contribution >= 4 is 9.84 Å². The standard InChI is InChI=1S/C10H21NO2S/c1-9-5-3-7-11-10(9)6-4-8-14(2,12)13/h9-11H,3-8H2,1-2H3. The van der Waals surface area contributed by atoms with E-state index in [0.717, 1.165) is 19.4 Å². The summed E-state index contributed by atoms with van der Waals surface area (Å²) in [7, 11) is -2.77. The Kier molecular flexibility index (Phi) is 4.38. The smallest absolute Gasteiger partial charge is 0.147 e. The second-order valence-corrected chi connectivity index (χ2v) is 6.71. The van der Waals surface area contributed by atoms with Crippen LogP contribution in [0.2, 0.25) is 0 Å². The minimum absolute atomic E-state index is 0.331. The Morgan fingerprint density at radius 1 is 1.43 bits per heavy atom. The summed E-state index contributed by atoms with van der Waals surface area (Å²) in [6.45, 7) is 3.34. The Hall–Kier alpha value is -0.0900. The van der Waals surface area contributed by atoms with E-state index < -0.39 is 9.84 Å². The lowest BCUT2D eigenvalue weighted by molar-refractivity contribution is 0.285. The molecule has 1 rings (SSSR count). The second-order valence-electron chi connectivity index (χ2n) is 4.45. The van der Waals surface area contributed by atoms with Crippen LogP contribution >= 0.6 is 0 Å². The summed E-state index contributed by atoms with van der Waals surface area (Å²) in [5.41, 5.74) is 0. The van der Waals surface area contributed by atoms with E-state index in [-0.39, 0.29) is 0 Å². The Morgan fingerprint density at radius 2 is 2.14 bits per heavy atom. The van der Waals surface area contributed by atoms with E-state index in [4.69, 9.17) is 0 Å². The first-order valence-electron chi connectivity index (χ1n) is 5.40. The lowest BCUT2D eigenvalue weighted by Gasteiger charge is -2.30. The van der Waals surface area contributed by atoms with E-state index in [1.165, 1.54) is 19.1 Å². The molecule has 1 N–H and O–H groups in total. The average Bonchev–Trinajstić information content (AvgIpc) is 2.06. The van der Waals surface area contributed by atoms with Crippen molar-refractivity contribution in [3.05, 3.63) is 0 Å². The maximum Gasteiger partial charge on any atom is 0.147 e. The number of piperidine rings is 1. The third kappa shape index (κ3) is 4.42. The number of hydrogen-bond donors (Lipinski definition) is 1. The predicted molar refractivity (Wildman–Crippen MR) is 59.1 cm³/mol. The molecule has 4 heteroatoms. The van der Waals surface area contributed by atoms with Crippen LogP contribution in [0.25, 0.3) is 0 Å². The molecule has 0 saturated carbocycles. The fourth-order valence-corrected chi connectivity index (χ4v) is 2.76. The highest BCUT2D eigenvalue weighted by molar-refractivity contribution is 7.90. The summed E-state index contributed by atoms with van der Waals surface area (Å²) in [5.74, 6) is 1.03. The highest BCUT2D eigenvalue weighted by Crippen LogP contribution is 2.19. The van der Waals surface area contributed by atoms with Crippen LogP contribution in [-0.2, 0) is 9.84 Å². The maximum absolute atomic E-state index is 10.9. The van der Waals surface area contributed by atoms with Crippen LogP contribution in [-0.4, -0.2) is 33.0 Å². The molecule has 1 saturated heterocycles. The highest BCUT2D eigenvalue weighted by Gasteiger charge is 2.20.